The lowest BCUT2D eigenvalue weighted by Gasteiger charge is -2.43. The minimum absolute atomic E-state index is 0.0469. The first-order chi connectivity index (χ1) is 47.0. The lowest BCUT2D eigenvalue weighted by molar-refractivity contribution is 0.219. The van der Waals surface area contributed by atoms with Crippen molar-refractivity contribution in [1.29, 1.82) is 0 Å². The summed E-state index contributed by atoms with van der Waals surface area (Å²) in [5.74, 6) is 7.52. The Morgan fingerprint density at radius 2 is 0.520 bits per heavy atom. The van der Waals surface area contributed by atoms with Gasteiger partial charge in [0.05, 0.1) is 33.9 Å². The highest BCUT2D eigenvalue weighted by atomic mass is 16.5. The van der Waals surface area contributed by atoms with Crippen LogP contribution in [0, 0.1) is 21.7 Å². The van der Waals surface area contributed by atoms with Gasteiger partial charge < -0.3 is 19.3 Å². The average Bonchev–Trinajstić information content (AvgIpc) is 1.54. The van der Waals surface area contributed by atoms with E-state index in [9.17, 15) is 0 Å². The molecule has 4 saturated carbocycles. The number of aliphatic imine (C=N–C) groups is 2. The first-order valence-corrected chi connectivity index (χ1v) is 41.2. The monoisotopic (exact) mass is 1360 g/mol. The van der Waals surface area contributed by atoms with Crippen molar-refractivity contribution in [3.8, 4) is 11.5 Å². The standard InChI is InChI=1S/2C47H70N2O/c2*1-31(2)35-21-19-22-36(32(3)4)39(35)49-43(47(30-45(49,11)12)27-17-14-18-28-47)41(42-46(25-15-13-16-26-46)29-44(9,10)48-42)50-40-37(33(5)6)23-20-24-38(40)34(7)8/h2*19-24,31-34H,13-18,25-30H2,1-12H3/b2*43-41-. The maximum Gasteiger partial charge on any atom is 0.169 e. The number of hydrogen-bond acceptors (Lipinski definition) is 6. The Morgan fingerprint density at radius 3 is 0.750 bits per heavy atom. The van der Waals surface area contributed by atoms with Crippen LogP contribution in [-0.4, -0.2) is 33.6 Å². The van der Waals surface area contributed by atoms with Crippen molar-refractivity contribution in [2.75, 3.05) is 9.80 Å². The Hall–Kier alpha value is -5.10. The summed E-state index contributed by atoms with van der Waals surface area (Å²) in [4.78, 5) is 17.5. The van der Waals surface area contributed by atoms with Crippen LogP contribution in [0.1, 0.15) is 412 Å². The molecule has 4 aliphatic carbocycles. The maximum absolute atomic E-state index is 7.97. The van der Waals surface area contributed by atoms with Crippen LogP contribution in [-0.2, 0) is 0 Å². The lowest BCUT2D eigenvalue weighted by Crippen LogP contribution is -2.42. The van der Waals surface area contributed by atoms with Crippen molar-refractivity contribution >= 4 is 22.8 Å². The maximum atomic E-state index is 7.97. The van der Waals surface area contributed by atoms with E-state index >= 15 is 0 Å². The predicted octanol–water partition coefficient (Wildman–Crippen LogP) is 28.0. The Morgan fingerprint density at radius 1 is 0.300 bits per heavy atom. The second-order valence-electron chi connectivity index (χ2n) is 38.8. The predicted molar refractivity (Wildman–Crippen MR) is 430 cm³/mol. The Kier molecular flexibility index (Phi) is 22.1. The Labute approximate surface area is 611 Å². The van der Waals surface area contributed by atoms with Gasteiger partial charge in [0.2, 0.25) is 0 Å². The van der Waals surface area contributed by atoms with Crippen LogP contribution in [0.5, 0.6) is 11.5 Å². The van der Waals surface area contributed by atoms with E-state index in [1.807, 2.05) is 0 Å². The molecule has 6 nitrogen and oxygen atoms in total. The molecule has 0 unspecified atom stereocenters. The van der Waals surface area contributed by atoms with Gasteiger partial charge in [0, 0.05) is 44.1 Å². The Bertz CT molecular complexity index is 3340. The van der Waals surface area contributed by atoms with Gasteiger partial charge in [-0.15, -0.1) is 0 Å². The topological polar surface area (TPSA) is 49.7 Å². The smallest absolute Gasteiger partial charge is 0.169 e. The highest BCUT2D eigenvalue weighted by molar-refractivity contribution is 6.07. The van der Waals surface area contributed by atoms with Gasteiger partial charge >= 0.3 is 0 Å². The Balaban J connectivity index is 0.000000202. The molecule has 4 aromatic carbocycles. The van der Waals surface area contributed by atoms with Crippen molar-refractivity contribution in [3.05, 3.63) is 140 Å². The van der Waals surface area contributed by atoms with E-state index in [1.54, 1.807) is 0 Å². The molecule has 4 aliphatic heterocycles. The van der Waals surface area contributed by atoms with Crippen molar-refractivity contribution in [3.63, 3.8) is 0 Å². The third kappa shape index (κ3) is 14.5. The van der Waals surface area contributed by atoms with Gasteiger partial charge in [0.25, 0.3) is 0 Å². The number of hydrogen-bond donors (Lipinski definition) is 0. The van der Waals surface area contributed by atoms with E-state index in [2.05, 4.69) is 249 Å². The lowest BCUT2D eigenvalue weighted by atomic mass is 9.65. The number of para-hydroxylation sites is 4. The van der Waals surface area contributed by atoms with Crippen molar-refractivity contribution in [1.82, 2.24) is 0 Å². The summed E-state index contributed by atoms with van der Waals surface area (Å²) in [6.07, 6.45) is 29.9. The van der Waals surface area contributed by atoms with Crippen molar-refractivity contribution in [2.45, 2.75) is 390 Å². The zero-order valence-electron chi connectivity index (χ0n) is 68.1. The van der Waals surface area contributed by atoms with Gasteiger partial charge in [-0.25, -0.2) is 0 Å². The third-order valence-electron chi connectivity index (χ3n) is 25.9. The molecule has 0 radical (unpaired) electrons. The van der Waals surface area contributed by atoms with Crippen LogP contribution in [0.4, 0.5) is 11.4 Å². The van der Waals surface area contributed by atoms with Crippen LogP contribution < -0.4 is 19.3 Å². The van der Waals surface area contributed by atoms with Gasteiger partial charge in [-0.2, -0.15) is 0 Å². The minimum atomic E-state index is -0.113. The average molecular weight is 1360 g/mol. The van der Waals surface area contributed by atoms with Gasteiger partial charge in [-0.05, 0) is 224 Å². The highest BCUT2D eigenvalue weighted by Gasteiger charge is 2.61. The van der Waals surface area contributed by atoms with Crippen molar-refractivity contribution < 1.29 is 9.47 Å². The number of allylic oxidation sites excluding steroid dienone is 4. The summed E-state index contributed by atoms with van der Waals surface area (Å²) in [6.45, 7) is 57.4. The first kappa shape index (κ1) is 76.0. The summed E-state index contributed by atoms with van der Waals surface area (Å²) in [7, 11) is 0. The number of anilines is 2. The van der Waals surface area contributed by atoms with E-state index in [4.69, 9.17) is 19.5 Å². The molecule has 4 heterocycles. The summed E-state index contributed by atoms with van der Waals surface area (Å²) in [5, 5.41) is 0. The first-order valence-electron chi connectivity index (χ1n) is 41.2. The third-order valence-corrected chi connectivity index (χ3v) is 25.9. The second kappa shape index (κ2) is 29.1. The van der Waals surface area contributed by atoms with E-state index < -0.39 is 0 Å². The fourth-order valence-corrected chi connectivity index (χ4v) is 21.8. The molecule has 0 bridgehead atoms. The fraction of sp³-hybridized carbons (Fsp3) is 0.681. The minimum Gasteiger partial charge on any atom is -0.453 e. The molecule has 2 saturated heterocycles. The summed E-state index contributed by atoms with van der Waals surface area (Å²) < 4.78 is 15.9. The van der Waals surface area contributed by atoms with Crippen LogP contribution in [0.25, 0.3) is 0 Å². The SMILES string of the molecule is CC(C)c1cccc(C(C)C)c1O/C(C1=NC(C)(C)CC12CCCCC2)=C1\N(c2c(C(C)C)cccc2C(C)C)C(C)(C)CC12CCCCC2.CC(C)c1cccc(C(C)C)c1O/C(C1=NC(C)(C)CC12CCCCC2)=C1\N(c2c(C(C)C)cccc2C(C)C)C(C)(C)CC12CCCCC2. The molecule has 4 aromatic rings. The molecule has 8 aliphatic rings. The van der Waals surface area contributed by atoms with Crippen LogP contribution in [0.2, 0.25) is 0 Å². The van der Waals surface area contributed by atoms with Gasteiger partial charge in [0.1, 0.15) is 11.5 Å². The summed E-state index contributed by atoms with van der Waals surface area (Å²) >= 11 is 0. The van der Waals surface area contributed by atoms with Gasteiger partial charge in [-0.3, -0.25) is 9.98 Å². The second-order valence-corrected chi connectivity index (χ2v) is 38.8. The van der Waals surface area contributed by atoms with Crippen LogP contribution in [0.15, 0.2) is 106 Å². The molecule has 12 rings (SSSR count). The molecule has 0 amide bonds. The quantitative estimate of drug-likeness (QED) is 0.105. The van der Waals surface area contributed by atoms with E-state index in [-0.39, 0.29) is 43.8 Å². The molecule has 0 N–H and O–H groups in total. The number of benzene rings is 4. The zero-order valence-corrected chi connectivity index (χ0v) is 68.1. The van der Waals surface area contributed by atoms with Crippen LogP contribution >= 0.6 is 0 Å². The zero-order chi connectivity index (χ0) is 72.5. The van der Waals surface area contributed by atoms with Gasteiger partial charge in [0.15, 0.2) is 11.5 Å². The highest BCUT2D eigenvalue weighted by Crippen LogP contribution is 2.65. The normalized spacial score (nSPS) is 23.5. The summed E-state index contributed by atoms with van der Waals surface area (Å²) in [6, 6.07) is 28.1. The van der Waals surface area contributed by atoms with Crippen LogP contribution in [0.3, 0.4) is 0 Å². The van der Waals surface area contributed by atoms with Gasteiger partial charge in [-0.1, -0.05) is 261 Å². The fourth-order valence-electron chi connectivity index (χ4n) is 21.8. The molecule has 100 heavy (non-hydrogen) atoms. The molecular weight excluding hydrogens is 1220 g/mol. The molecule has 6 heteroatoms. The number of ether oxygens (including phenoxy) is 2. The molecule has 0 atom stereocenters. The molecule has 0 aromatic heterocycles. The largest absolute Gasteiger partial charge is 0.453 e. The van der Waals surface area contributed by atoms with E-state index in [0.717, 1.165) is 48.7 Å². The van der Waals surface area contributed by atoms with Crippen molar-refractivity contribution in [2.24, 2.45) is 31.6 Å². The van der Waals surface area contributed by atoms with E-state index in [1.165, 1.54) is 207 Å². The molecule has 6 fully saturated rings. The molecule has 548 valence electrons. The number of rotatable bonds is 16. The molecule has 4 spiro atoms. The molecular formula is C94H140N4O2. The van der Waals surface area contributed by atoms with E-state index in [0.29, 0.717) is 47.3 Å². The number of nitrogens with zero attached hydrogens (tertiary/aromatic N) is 4. The summed E-state index contributed by atoms with van der Waals surface area (Å²) in [5.41, 5.74) is 19.3.